The average Bonchev–Trinajstić information content (AvgIpc) is 2.47. The van der Waals surface area contributed by atoms with Crippen LogP contribution >= 0.6 is 0 Å². The number of halogens is 2. The molecule has 22 heavy (non-hydrogen) atoms. The molecule has 0 aliphatic carbocycles. The normalized spacial score (nSPS) is 17.3. The predicted molar refractivity (Wildman–Crippen MR) is 76.6 cm³/mol. The molecule has 0 unspecified atom stereocenters. The fourth-order valence-electron chi connectivity index (χ4n) is 2.37. The Hall–Kier alpha value is -1.73. The number of alkyl halides is 2. The number of nitrogens with one attached hydrogen (secondary N) is 1. The summed E-state index contributed by atoms with van der Waals surface area (Å²) in [6.07, 6.45) is 0.875. The van der Waals surface area contributed by atoms with Crippen molar-refractivity contribution >= 4 is 5.91 Å². The van der Waals surface area contributed by atoms with Crippen LogP contribution in [0.15, 0.2) is 18.2 Å². The van der Waals surface area contributed by atoms with Gasteiger partial charge in [0.25, 0.3) is 0 Å². The van der Waals surface area contributed by atoms with Crippen LogP contribution in [-0.4, -0.2) is 31.3 Å². The molecule has 0 aromatic heterocycles. The first-order chi connectivity index (χ1) is 10.4. The molecular formula is C15H20F2N2O3. The minimum atomic E-state index is -2.91. The summed E-state index contributed by atoms with van der Waals surface area (Å²) < 4.78 is 34.5. The minimum Gasteiger partial charge on any atom is -0.434 e. The van der Waals surface area contributed by atoms with Gasteiger partial charge in [0.1, 0.15) is 5.75 Å². The zero-order chi connectivity index (χ0) is 16.2. The minimum absolute atomic E-state index is 0.0546. The third-order valence-corrected chi connectivity index (χ3v) is 3.71. The number of nitrogens with two attached hydrogens (primary N) is 1. The molecule has 1 heterocycles. The van der Waals surface area contributed by atoms with E-state index in [-0.39, 0.29) is 18.2 Å². The number of hydrogen-bond acceptors (Lipinski definition) is 4. The van der Waals surface area contributed by atoms with E-state index in [4.69, 9.17) is 10.5 Å². The van der Waals surface area contributed by atoms with Gasteiger partial charge in [-0.15, -0.1) is 0 Å². The highest BCUT2D eigenvalue weighted by Crippen LogP contribution is 2.23. The quantitative estimate of drug-likeness (QED) is 0.868. The van der Waals surface area contributed by atoms with E-state index in [1.54, 1.807) is 12.1 Å². The Morgan fingerprint density at radius 2 is 2.14 bits per heavy atom. The highest BCUT2D eigenvalue weighted by molar-refractivity contribution is 5.86. The molecule has 122 valence electrons. The summed E-state index contributed by atoms with van der Waals surface area (Å²) in [4.78, 5) is 12.2. The molecule has 0 radical (unpaired) electrons. The maximum atomic E-state index is 12.4. The van der Waals surface area contributed by atoms with Crippen LogP contribution in [0.1, 0.15) is 24.0 Å². The van der Waals surface area contributed by atoms with Crippen molar-refractivity contribution in [2.75, 3.05) is 13.2 Å². The van der Waals surface area contributed by atoms with E-state index in [1.807, 2.05) is 6.92 Å². The Labute approximate surface area is 127 Å². The molecule has 1 aliphatic heterocycles. The lowest BCUT2D eigenvalue weighted by molar-refractivity contribution is -0.129. The number of hydrogen-bond donors (Lipinski definition) is 2. The average molecular weight is 314 g/mol. The molecule has 2 rings (SSSR count). The Bertz CT molecular complexity index is 532. The molecule has 1 aliphatic rings. The standard InChI is InChI=1S/C15H20F2N2O3/c1-10-2-3-12(22-14(16)17)11(8-10)9-19-13(20)15(18)4-6-21-7-5-15/h2-3,8,14H,4-7,9,18H2,1H3,(H,19,20). The van der Waals surface area contributed by atoms with E-state index in [0.29, 0.717) is 31.6 Å². The first-order valence-corrected chi connectivity index (χ1v) is 7.10. The highest BCUT2D eigenvalue weighted by atomic mass is 19.3. The maximum Gasteiger partial charge on any atom is 0.387 e. The molecule has 0 saturated carbocycles. The third kappa shape index (κ3) is 4.14. The Morgan fingerprint density at radius 1 is 1.45 bits per heavy atom. The molecule has 0 bridgehead atoms. The SMILES string of the molecule is Cc1ccc(OC(F)F)c(CNC(=O)C2(N)CCOCC2)c1. The van der Waals surface area contributed by atoms with Crippen molar-refractivity contribution in [2.45, 2.75) is 38.5 Å². The van der Waals surface area contributed by atoms with Gasteiger partial charge in [-0.25, -0.2) is 0 Å². The van der Waals surface area contributed by atoms with Crippen LogP contribution in [0.2, 0.25) is 0 Å². The zero-order valence-electron chi connectivity index (χ0n) is 12.4. The van der Waals surface area contributed by atoms with Crippen LogP contribution in [0, 0.1) is 6.92 Å². The molecule has 1 aromatic rings. The summed E-state index contributed by atoms with van der Waals surface area (Å²) in [5.41, 5.74) is 6.48. The van der Waals surface area contributed by atoms with Crippen LogP contribution in [-0.2, 0) is 16.1 Å². The van der Waals surface area contributed by atoms with Crippen LogP contribution < -0.4 is 15.8 Å². The van der Waals surface area contributed by atoms with Gasteiger partial charge in [0.15, 0.2) is 0 Å². The zero-order valence-corrected chi connectivity index (χ0v) is 12.4. The van der Waals surface area contributed by atoms with Gasteiger partial charge < -0.3 is 20.5 Å². The van der Waals surface area contributed by atoms with Gasteiger partial charge >= 0.3 is 6.61 Å². The summed E-state index contributed by atoms with van der Waals surface area (Å²) in [5.74, 6) is -0.251. The monoisotopic (exact) mass is 314 g/mol. The molecule has 3 N–H and O–H groups in total. The summed E-state index contributed by atoms with van der Waals surface area (Å²) in [7, 11) is 0. The maximum absolute atomic E-state index is 12.4. The van der Waals surface area contributed by atoms with Crippen molar-refractivity contribution in [1.29, 1.82) is 0 Å². The number of ether oxygens (including phenoxy) is 2. The van der Waals surface area contributed by atoms with E-state index in [0.717, 1.165) is 5.56 Å². The number of carbonyl (C=O) groups excluding carboxylic acids is 1. The van der Waals surface area contributed by atoms with Gasteiger partial charge in [-0.05, 0) is 25.8 Å². The van der Waals surface area contributed by atoms with Crippen molar-refractivity contribution in [3.05, 3.63) is 29.3 Å². The van der Waals surface area contributed by atoms with E-state index in [9.17, 15) is 13.6 Å². The summed E-state index contributed by atoms with van der Waals surface area (Å²) in [6, 6.07) is 4.84. The van der Waals surface area contributed by atoms with Gasteiger partial charge in [-0.3, -0.25) is 4.79 Å². The smallest absolute Gasteiger partial charge is 0.387 e. The van der Waals surface area contributed by atoms with Crippen molar-refractivity contribution in [3.8, 4) is 5.75 Å². The molecule has 1 amide bonds. The number of amides is 1. The Balaban J connectivity index is 2.04. The molecule has 0 spiro atoms. The van der Waals surface area contributed by atoms with Gasteiger partial charge in [0, 0.05) is 25.3 Å². The molecule has 1 aromatic carbocycles. The van der Waals surface area contributed by atoms with Crippen LogP contribution in [0.4, 0.5) is 8.78 Å². The number of benzene rings is 1. The van der Waals surface area contributed by atoms with Gasteiger partial charge in [0.05, 0.1) is 5.54 Å². The summed E-state index contributed by atoms with van der Waals surface area (Å²) in [6.45, 7) is -0.112. The molecule has 0 atom stereocenters. The fourth-order valence-corrected chi connectivity index (χ4v) is 2.37. The molecule has 1 saturated heterocycles. The van der Waals surface area contributed by atoms with E-state index >= 15 is 0 Å². The van der Waals surface area contributed by atoms with Crippen LogP contribution in [0.5, 0.6) is 5.75 Å². The van der Waals surface area contributed by atoms with E-state index in [2.05, 4.69) is 10.1 Å². The number of carbonyl (C=O) groups is 1. The van der Waals surface area contributed by atoms with E-state index < -0.39 is 12.2 Å². The summed E-state index contributed by atoms with van der Waals surface area (Å²) in [5, 5.41) is 2.71. The Kier molecular flexibility index (Phi) is 5.31. The number of aryl methyl sites for hydroxylation is 1. The highest BCUT2D eigenvalue weighted by Gasteiger charge is 2.35. The third-order valence-electron chi connectivity index (χ3n) is 3.71. The van der Waals surface area contributed by atoms with Gasteiger partial charge in [-0.2, -0.15) is 8.78 Å². The first kappa shape index (κ1) is 16.6. The van der Waals surface area contributed by atoms with Crippen LogP contribution in [0.25, 0.3) is 0 Å². The Morgan fingerprint density at radius 3 is 2.77 bits per heavy atom. The van der Waals surface area contributed by atoms with Crippen molar-refractivity contribution < 1.29 is 23.0 Å². The second-order valence-electron chi connectivity index (χ2n) is 5.44. The first-order valence-electron chi connectivity index (χ1n) is 7.10. The van der Waals surface area contributed by atoms with Gasteiger partial charge in [0.2, 0.25) is 5.91 Å². The second kappa shape index (κ2) is 7.02. The van der Waals surface area contributed by atoms with Crippen LogP contribution in [0.3, 0.4) is 0 Å². The van der Waals surface area contributed by atoms with Crippen molar-refractivity contribution in [3.63, 3.8) is 0 Å². The lowest BCUT2D eigenvalue weighted by atomic mass is 9.90. The molecular weight excluding hydrogens is 294 g/mol. The van der Waals surface area contributed by atoms with Crippen molar-refractivity contribution in [2.24, 2.45) is 5.73 Å². The lowest BCUT2D eigenvalue weighted by Crippen LogP contribution is -2.56. The van der Waals surface area contributed by atoms with Gasteiger partial charge in [-0.1, -0.05) is 17.7 Å². The topological polar surface area (TPSA) is 73.6 Å². The number of rotatable bonds is 5. The molecule has 5 nitrogen and oxygen atoms in total. The lowest BCUT2D eigenvalue weighted by Gasteiger charge is -2.31. The predicted octanol–water partition coefficient (Wildman–Crippen LogP) is 1.72. The molecule has 1 fully saturated rings. The fraction of sp³-hybridized carbons (Fsp3) is 0.533. The van der Waals surface area contributed by atoms with Crippen molar-refractivity contribution in [1.82, 2.24) is 5.32 Å². The largest absolute Gasteiger partial charge is 0.434 e. The van der Waals surface area contributed by atoms with E-state index in [1.165, 1.54) is 6.07 Å². The second-order valence-corrected chi connectivity index (χ2v) is 5.44. The summed E-state index contributed by atoms with van der Waals surface area (Å²) >= 11 is 0. The molecule has 7 heteroatoms.